The van der Waals surface area contributed by atoms with E-state index in [9.17, 15) is 0 Å². The van der Waals surface area contributed by atoms with Gasteiger partial charge in [-0.25, -0.2) is 4.98 Å². The summed E-state index contributed by atoms with van der Waals surface area (Å²) in [6, 6.07) is 26.0. The number of anilines is 1. The molecule has 0 amide bonds. The first-order valence-corrected chi connectivity index (χ1v) is 11.3. The largest absolute Gasteiger partial charge is 0.494 e. The Morgan fingerprint density at radius 2 is 1.74 bits per heavy atom. The van der Waals surface area contributed by atoms with Gasteiger partial charge in [-0.15, -0.1) is 11.3 Å². The summed E-state index contributed by atoms with van der Waals surface area (Å²) in [4.78, 5) is 4.55. The molecular formula is C25H22ClN3OS. The third-order valence-electron chi connectivity index (χ3n) is 4.62. The Balaban J connectivity index is 1.23. The zero-order valence-electron chi connectivity index (χ0n) is 16.9. The van der Waals surface area contributed by atoms with Crippen LogP contribution >= 0.6 is 22.9 Å². The van der Waals surface area contributed by atoms with E-state index in [1.54, 1.807) is 6.21 Å². The van der Waals surface area contributed by atoms with Gasteiger partial charge in [0, 0.05) is 16.0 Å². The lowest BCUT2D eigenvalue weighted by Crippen LogP contribution is -1.99. The van der Waals surface area contributed by atoms with Crippen LogP contribution in [0.15, 0.2) is 89.3 Å². The van der Waals surface area contributed by atoms with Gasteiger partial charge in [0.2, 0.25) is 5.13 Å². The summed E-state index contributed by atoms with van der Waals surface area (Å²) in [5, 5.41) is 7.72. The number of halogens is 1. The molecule has 31 heavy (non-hydrogen) atoms. The van der Waals surface area contributed by atoms with Gasteiger partial charge in [0.15, 0.2) is 0 Å². The van der Waals surface area contributed by atoms with E-state index in [-0.39, 0.29) is 0 Å². The SMILES string of the molecule is Clc1ccc(-c2csc(N/N=C\c3ccc(OCCCc4ccccc4)cc3)n2)cc1. The zero-order valence-corrected chi connectivity index (χ0v) is 18.4. The Bertz CT molecular complexity index is 1110. The van der Waals surface area contributed by atoms with E-state index < -0.39 is 0 Å². The van der Waals surface area contributed by atoms with Crippen molar-refractivity contribution in [2.45, 2.75) is 12.8 Å². The first-order valence-electron chi connectivity index (χ1n) is 10.0. The molecule has 1 aromatic heterocycles. The van der Waals surface area contributed by atoms with E-state index in [0.717, 1.165) is 40.5 Å². The van der Waals surface area contributed by atoms with Gasteiger partial charge in [-0.05, 0) is 60.4 Å². The first-order chi connectivity index (χ1) is 15.3. The standard InChI is InChI=1S/C25H22ClN3OS/c26-22-12-10-21(11-13-22)24-18-31-25(28-24)29-27-17-20-8-14-23(15-9-20)30-16-4-7-19-5-2-1-3-6-19/h1-3,5-6,8-15,17-18H,4,7,16H2,(H,28,29)/b27-17-. The molecule has 156 valence electrons. The molecule has 0 aliphatic rings. The monoisotopic (exact) mass is 447 g/mol. The van der Waals surface area contributed by atoms with E-state index in [1.807, 2.05) is 60.0 Å². The lowest BCUT2D eigenvalue weighted by Gasteiger charge is -2.06. The van der Waals surface area contributed by atoms with E-state index in [0.29, 0.717) is 11.6 Å². The van der Waals surface area contributed by atoms with Gasteiger partial charge < -0.3 is 4.74 Å². The Morgan fingerprint density at radius 1 is 0.968 bits per heavy atom. The molecule has 0 fully saturated rings. The summed E-state index contributed by atoms with van der Waals surface area (Å²) in [6.45, 7) is 0.698. The van der Waals surface area contributed by atoms with Gasteiger partial charge in [0.25, 0.3) is 0 Å². The molecule has 0 aliphatic carbocycles. The lowest BCUT2D eigenvalue weighted by atomic mass is 10.1. The zero-order chi connectivity index (χ0) is 21.3. The topological polar surface area (TPSA) is 46.5 Å². The van der Waals surface area contributed by atoms with Crippen molar-refractivity contribution in [3.8, 4) is 17.0 Å². The highest BCUT2D eigenvalue weighted by Gasteiger charge is 2.03. The molecule has 1 N–H and O–H groups in total. The van der Waals surface area contributed by atoms with E-state index in [4.69, 9.17) is 16.3 Å². The second-order valence-corrected chi connectivity index (χ2v) is 8.22. The van der Waals surface area contributed by atoms with Gasteiger partial charge in [-0.1, -0.05) is 54.1 Å². The molecule has 0 aliphatic heterocycles. The second-order valence-electron chi connectivity index (χ2n) is 6.92. The number of hydrazone groups is 1. The fourth-order valence-electron chi connectivity index (χ4n) is 3.00. The molecule has 1 heterocycles. The van der Waals surface area contributed by atoms with Gasteiger partial charge in [0.1, 0.15) is 5.75 Å². The van der Waals surface area contributed by atoms with Gasteiger partial charge in [0.05, 0.1) is 18.5 Å². The van der Waals surface area contributed by atoms with Crippen LogP contribution in [0.2, 0.25) is 5.02 Å². The molecule has 0 saturated heterocycles. The van der Waals surface area contributed by atoms with Gasteiger partial charge in [-0.3, -0.25) is 5.43 Å². The third-order valence-corrected chi connectivity index (χ3v) is 5.62. The first kappa shape index (κ1) is 21.1. The van der Waals surface area contributed by atoms with Crippen molar-refractivity contribution in [3.05, 3.63) is 100 Å². The number of hydrogen-bond donors (Lipinski definition) is 1. The van der Waals surface area contributed by atoms with Crippen molar-refractivity contribution in [3.63, 3.8) is 0 Å². The maximum Gasteiger partial charge on any atom is 0.203 e. The highest BCUT2D eigenvalue weighted by molar-refractivity contribution is 7.14. The summed E-state index contributed by atoms with van der Waals surface area (Å²) in [5.74, 6) is 0.866. The average molecular weight is 448 g/mol. The van der Waals surface area contributed by atoms with Crippen LogP contribution < -0.4 is 10.2 Å². The summed E-state index contributed by atoms with van der Waals surface area (Å²) in [7, 11) is 0. The van der Waals surface area contributed by atoms with Gasteiger partial charge in [-0.2, -0.15) is 5.10 Å². The van der Waals surface area contributed by atoms with E-state index in [1.165, 1.54) is 16.9 Å². The number of rotatable bonds is 9. The van der Waals surface area contributed by atoms with Crippen LogP contribution in [-0.2, 0) is 6.42 Å². The predicted molar refractivity (Wildman–Crippen MR) is 130 cm³/mol. The highest BCUT2D eigenvalue weighted by Crippen LogP contribution is 2.26. The van der Waals surface area contributed by atoms with Crippen molar-refractivity contribution >= 4 is 34.3 Å². The number of nitrogens with zero attached hydrogens (tertiary/aromatic N) is 2. The van der Waals surface area contributed by atoms with Crippen LogP contribution in [-0.4, -0.2) is 17.8 Å². The van der Waals surface area contributed by atoms with Crippen LogP contribution in [0.1, 0.15) is 17.5 Å². The minimum Gasteiger partial charge on any atom is -0.494 e. The van der Waals surface area contributed by atoms with E-state index in [2.05, 4.69) is 39.8 Å². The summed E-state index contributed by atoms with van der Waals surface area (Å²) >= 11 is 7.45. The Morgan fingerprint density at radius 3 is 2.52 bits per heavy atom. The van der Waals surface area contributed by atoms with Crippen LogP contribution in [0, 0.1) is 0 Å². The molecule has 0 spiro atoms. The van der Waals surface area contributed by atoms with E-state index >= 15 is 0 Å². The second kappa shape index (κ2) is 10.8. The third kappa shape index (κ3) is 6.41. The van der Waals surface area contributed by atoms with Crippen LogP contribution in [0.3, 0.4) is 0 Å². The molecule has 4 nitrogen and oxygen atoms in total. The summed E-state index contributed by atoms with van der Waals surface area (Å²) in [5.41, 5.74) is 7.23. The molecule has 0 atom stereocenters. The molecular weight excluding hydrogens is 426 g/mol. The van der Waals surface area contributed by atoms with Crippen molar-refractivity contribution in [1.82, 2.24) is 4.98 Å². The van der Waals surface area contributed by atoms with Crippen molar-refractivity contribution in [2.24, 2.45) is 5.10 Å². The summed E-state index contributed by atoms with van der Waals surface area (Å²) in [6.07, 6.45) is 3.78. The number of thiazole rings is 1. The van der Waals surface area contributed by atoms with Crippen molar-refractivity contribution in [2.75, 3.05) is 12.0 Å². The number of ether oxygens (including phenoxy) is 1. The number of aromatic nitrogens is 1. The molecule has 6 heteroatoms. The maximum absolute atomic E-state index is 5.94. The number of nitrogens with one attached hydrogen (secondary N) is 1. The Labute approximate surface area is 191 Å². The minimum atomic E-state index is 0.698. The Kier molecular flexibility index (Phi) is 7.32. The smallest absolute Gasteiger partial charge is 0.203 e. The van der Waals surface area contributed by atoms with Crippen molar-refractivity contribution < 1.29 is 4.74 Å². The predicted octanol–water partition coefficient (Wildman–Crippen LogP) is 6.92. The normalized spacial score (nSPS) is 11.0. The fourth-order valence-corrected chi connectivity index (χ4v) is 3.80. The quantitative estimate of drug-likeness (QED) is 0.172. The molecule has 4 rings (SSSR count). The molecule has 0 bridgehead atoms. The molecule has 0 saturated carbocycles. The molecule has 0 unspecified atom stereocenters. The molecule has 3 aromatic carbocycles. The highest BCUT2D eigenvalue weighted by atomic mass is 35.5. The molecule has 4 aromatic rings. The number of aryl methyl sites for hydroxylation is 1. The Hall–Kier alpha value is -3.15. The fraction of sp³-hybridized carbons (Fsp3) is 0.120. The van der Waals surface area contributed by atoms with Crippen LogP contribution in [0.5, 0.6) is 5.75 Å². The maximum atomic E-state index is 5.94. The van der Waals surface area contributed by atoms with Crippen LogP contribution in [0.25, 0.3) is 11.3 Å². The summed E-state index contributed by atoms with van der Waals surface area (Å²) < 4.78 is 5.83. The average Bonchev–Trinajstić information content (AvgIpc) is 3.28. The number of benzene rings is 3. The lowest BCUT2D eigenvalue weighted by molar-refractivity contribution is 0.311. The van der Waals surface area contributed by atoms with Crippen molar-refractivity contribution in [1.29, 1.82) is 0 Å². The van der Waals surface area contributed by atoms with Gasteiger partial charge >= 0.3 is 0 Å². The van der Waals surface area contributed by atoms with Crippen LogP contribution in [0.4, 0.5) is 5.13 Å². The molecule has 0 radical (unpaired) electrons. The number of hydrogen-bond acceptors (Lipinski definition) is 5. The minimum absolute atomic E-state index is 0.698.